The highest BCUT2D eigenvalue weighted by atomic mass is 16.5. The van der Waals surface area contributed by atoms with Crippen LogP contribution in [0.2, 0.25) is 0 Å². The summed E-state index contributed by atoms with van der Waals surface area (Å²) >= 11 is 0. The van der Waals surface area contributed by atoms with Crippen LogP contribution in [0.4, 0.5) is 0 Å². The largest absolute Gasteiger partial charge is 0.461 e. The lowest BCUT2D eigenvalue weighted by atomic mass is 10.3. The van der Waals surface area contributed by atoms with Gasteiger partial charge in [0.2, 0.25) is 11.7 Å². The van der Waals surface area contributed by atoms with E-state index in [-0.39, 0.29) is 17.9 Å². The van der Waals surface area contributed by atoms with Crippen LogP contribution in [0.5, 0.6) is 0 Å². The van der Waals surface area contributed by atoms with Gasteiger partial charge in [0, 0.05) is 0 Å². The summed E-state index contributed by atoms with van der Waals surface area (Å²) in [7, 11) is 0. The Labute approximate surface area is 118 Å². The minimum Gasteiger partial charge on any atom is -0.461 e. The fourth-order valence-electron chi connectivity index (χ4n) is 1.91. The van der Waals surface area contributed by atoms with Gasteiger partial charge in [0.1, 0.15) is 24.5 Å². The number of nitriles is 2. The van der Waals surface area contributed by atoms with E-state index < -0.39 is 0 Å². The zero-order valence-corrected chi connectivity index (χ0v) is 10.9. The number of furan rings is 1. The molecule has 3 aromatic heterocycles. The number of rotatable bonds is 3. The van der Waals surface area contributed by atoms with Crippen molar-refractivity contribution in [2.24, 2.45) is 0 Å². The van der Waals surface area contributed by atoms with Crippen molar-refractivity contribution >= 4 is 0 Å². The third-order valence-electron chi connectivity index (χ3n) is 2.87. The summed E-state index contributed by atoms with van der Waals surface area (Å²) < 4.78 is 11.9. The van der Waals surface area contributed by atoms with Crippen molar-refractivity contribution in [1.29, 1.82) is 10.5 Å². The molecule has 21 heavy (non-hydrogen) atoms. The third kappa shape index (κ3) is 2.15. The maximum atomic E-state index is 9.13. The first-order chi connectivity index (χ1) is 10.2. The van der Waals surface area contributed by atoms with Crippen LogP contribution < -0.4 is 0 Å². The van der Waals surface area contributed by atoms with Crippen molar-refractivity contribution in [3.63, 3.8) is 0 Å². The molecule has 0 spiro atoms. The van der Waals surface area contributed by atoms with Crippen molar-refractivity contribution in [3.05, 3.63) is 41.5 Å². The fourth-order valence-corrected chi connectivity index (χ4v) is 1.91. The molecule has 0 unspecified atom stereocenters. The average molecular weight is 280 g/mol. The van der Waals surface area contributed by atoms with E-state index in [9.17, 15) is 0 Å². The molecule has 0 fully saturated rings. The number of hydrogen-bond acceptors (Lipinski definition) is 7. The number of aromatic nitrogens is 4. The lowest BCUT2D eigenvalue weighted by molar-refractivity contribution is 0.369. The van der Waals surface area contributed by atoms with Crippen LogP contribution in [-0.4, -0.2) is 19.7 Å². The molecule has 0 radical (unpaired) electrons. The summed E-state index contributed by atoms with van der Waals surface area (Å²) in [6.07, 6.45) is 1.51. The monoisotopic (exact) mass is 280 g/mol. The van der Waals surface area contributed by atoms with Gasteiger partial charge in [0.25, 0.3) is 0 Å². The number of aryl methyl sites for hydroxylation is 1. The van der Waals surface area contributed by atoms with Gasteiger partial charge < -0.3 is 13.5 Å². The number of imidazole rings is 1. The first-order valence-electron chi connectivity index (χ1n) is 5.96. The van der Waals surface area contributed by atoms with E-state index in [1.165, 1.54) is 6.26 Å². The molecular weight excluding hydrogens is 272 g/mol. The second-order valence-electron chi connectivity index (χ2n) is 4.16. The van der Waals surface area contributed by atoms with Gasteiger partial charge in [-0.3, -0.25) is 0 Å². The zero-order valence-electron chi connectivity index (χ0n) is 10.9. The average Bonchev–Trinajstić information content (AvgIpc) is 3.20. The highest BCUT2D eigenvalue weighted by Gasteiger charge is 2.17. The van der Waals surface area contributed by atoms with E-state index in [0.29, 0.717) is 23.3 Å². The molecule has 0 amide bonds. The Bertz CT molecular complexity index is 860. The first-order valence-corrected chi connectivity index (χ1v) is 5.96. The summed E-state index contributed by atoms with van der Waals surface area (Å²) in [5.41, 5.74) is 0.258. The molecule has 8 heteroatoms. The van der Waals surface area contributed by atoms with Gasteiger partial charge >= 0.3 is 0 Å². The van der Waals surface area contributed by atoms with Crippen molar-refractivity contribution in [1.82, 2.24) is 19.7 Å². The predicted molar refractivity (Wildman–Crippen MR) is 67.5 cm³/mol. The van der Waals surface area contributed by atoms with Crippen LogP contribution in [0.15, 0.2) is 27.3 Å². The maximum absolute atomic E-state index is 9.13. The first kappa shape index (κ1) is 12.6. The Balaban J connectivity index is 1.94. The van der Waals surface area contributed by atoms with Gasteiger partial charge in [-0.05, 0) is 19.1 Å². The molecule has 0 aliphatic rings. The fraction of sp³-hybridized carbons (Fsp3) is 0.154. The molecule has 3 heterocycles. The number of hydrogen-bond donors (Lipinski definition) is 0. The van der Waals surface area contributed by atoms with Crippen molar-refractivity contribution in [3.8, 4) is 23.7 Å². The Morgan fingerprint density at radius 2 is 2.14 bits per heavy atom. The molecular formula is C13H8N6O2. The summed E-state index contributed by atoms with van der Waals surface area (Å²) in [4.78, 5) is 8.21. The standard InChI is InChI=1S/C13H8N6O2/c1-8-16-9(5-14)10(6-15)19(8)7-12-17-13(18-21-12)11-3-2-4-20-11/h2-4H,7H2,1H3. The smallest absolute Gasteiger partial charge is 0.247 e. The molecule has 0 N–H and O–H groups in total. The molecule has 0 saturated heterocycles. The molecule has 0 saturated carbocycles. The van der Waals surface area contributed by atoms with Crippen LogP contribution in [0.25, 0.3) is 11.6 Å². The predicted octanol–water partition coefficient (Wildman–Crippen LogP) is 1.63. The Morgan fingerprint density at radius 1 is 1.29 bits per heavy atom. The Morgan fingerprint density at radius 3 is 2.81 bits per heavy atom. The van der Waals surface area contributed by atoms with E-state index in [4.69, 9.17) is 19.5 Å². The summed E-state index contributed by atoms with van der Waals surface area (Å²) in [5.74, 6) is 1.64. The molecule has 3 aromatic rings. The highest BCUT2D eigenvalue weighted by molar-refractivity contribution is 5.44. The zero-order chi connectivity index (χ0) is 14.8. The van der Waals surface area contributed by atoms with Crippen molar-refractivity contribution in [2.75, 3.05) is 0 Å². The summed E-state index contributed by atoms with van der Waals surface area (Å²) in [5, 5.41) is 21.9. The lowest BCUT2D eigenvalue weighted by Crippen LogP contribution is -2.05. The molecule has 0 aliphatic heterocycles. The topological polar surface area (TPSA) is 117 Å². The molecule has 0 aliphatic carbocycles. The van der Waals surface area contributed by atoms with E-state index in [2.05, 4.69) is 15.1 Å². The van der Waals surface area contributed by atoms with Gasteiger partial charge in [-0.2, -0.15) is 15.5 Å². The Kier molecular flexibility index (Phi) is 2.97. The van der Waals surface area contributed by atoms with Gasteiger partial charge in [-0.25, -0.2) is 4.98 Å². The normalized spacial score (nSPS) is 10.2. The van der Waals surface area contributed by atoms with Crippen LogP contribution in [0.1, 0.15) is 23.1 Å². The van der Waals surface area contributed by atoms with Gasteiger partial charge in [-0.15, -0.1) is 0 Å². The van der Waals surface area contributed by atoms with Gasteiger partial charge in [-0.1, -0.05) is 5.16 Å². The molecule has 102 valence electrons. The van der Waals surface area contributed by atoms with Gasteiger partial charge in [0.15, 0.2) is 17.1 Å². The molecule has 0 atom stereocenters. The second kappa shape index (κ2) is 4.94. The second-order valence-corrected chi connectivity index (χ2v) is 4.16. The van der Waals surface area contributed by atoms with Crippen molar-refractivity contribution in [2.45, 2.75) is 13.5 Å². The van der Waals surface area contributed by atoms with E-state index in [1.807, 2.05) is 12.1 Å². The molecule has 8 nitrogen and oxygen atoms in total. The van der Waals surface area contributed by atoms with Gasteiger partial charge in [0.05, 0.1) is 6.26 Å². The maximum Gasteiger partial charge on any atom is 0.247 e. The van der Waals surface area contributed by atoms with Crippen LogP contribution in [-0.2, 0) is 6.54 Å². The minimum atomic E-state index is 0.0840. The minimum absolute atomic E-state index is 0.0840. The molecule has 0 aromatic carbocycles. The SMILES string of the molecule is Cc1nc(C#N)c(C#N)n1Cc1nc(-c2ccco2)no1. The van der Waals surface area contributed by atoms with Crippen LogP contribution in [0.3, 0.4) is 0 Å². The van der Waals surface area contributed by atoms with E-state index in [0.717, 1.165) is 0 Å². The Hall–Kier alpha value is -3.39. The molecule has 0 bridgehead atoms. The molecule has 3 rings (SSSR count). The van der Waals surface area contributed by atoms with Crippen LogP contribution >= 0.6 is 0 Å². The van der Waals surface area contributed by atoms with E-state index in [1.54, 1.807) is 23.6 Å². The van der Waals surface area contributed by atoms with Crippen LogP contribution in [0, 0.1) is 29.6 Å². The summed E-state index contributed by atoms with van der Waals surface area (Å²) in [6, 6.07) is 7.28. The quantitative estimate of drug-likeness (QED) is 0.715. The number of nitrogens with zero attached hydrogens (tertiary/aromatic N) is 6. The van der Waals surface area contributed by atoms with Crippen molar-refractivity contribution < 1.29 is 8.94 Å². The third-order valence-corrected chi connectivity index (χ3v) is 2.87. The summed E-state index contributed by atoms with van der Waals surface area (Å²) in [6.45, 7) is 1.86. The van der Waals surface area contributed by atoms with E-state index >= 15 is 0 Å². The highest BCUT2D eigenvalue weighted by Crippen LogP contribution is 2.17. The lowest BCUT2D eigenvalue weighted by Gasteiger charge is -2.01.